The zero-order valence-corrected chi connectivity index (χ0v) is 11.7. The van der Waals surface area contributed by atoms with Crippen molar-refractivity contribution >= 4 is 5.97 Å². The number of nitrogens with two attached hydrogens (primary N) is 1. The van der Waals surface area contributed by atoms with Gasteiger partial charge in [-0.2, -0.15) is 0 Å². The minimum Gasteiger partial charge on any atom is -0.459 e. The highest BCUT2D eigenvalue weighted by Gasteiger charge is 2.68. The SMILES string of the molecule is CC(C)(C)OC(=O)C12CCC(CC1N)C2(C)C. The molecule has 17 heavy (non-hydrogen) atoms. The molecule has 2 bridgehead atoms. The number of carbonyl (C=O) groups is 1. The van der Waals surface area contributed by atoms with Crippen molar-refractivity contribution in [2.24, 2.45) is 22.5 Å². The van der Waals surface area contributed by atoms with Crippen molar-refractivity contribution in [1.29, 1.82) is 0 Å². The van der Waals surface area contributed by atoms with E-state index in [1.54, 1.807) is 0 Å². The molecule has 3 nitrogen and oxygen atoms in total. The van der Waals surface area contributed by atoms with Crippen molar-refractivity contribution in [3.05, 3.63) is 0 Å². The third kappa shape index (κ3) is 1.62. The summed E-state index contributed by atoms with van der Waals surface area (Å²) in [5.74, 6) is 0.493. The van der Waals surface area contributed by atoms with Gasteiger partial charge in [0, 0.05) is 6.04 Å². The molecular formula is C14H25NO2. The Balaban J connectivity index is 2.31. The van der Waals surface area contributed by atoms with Gasteiger partial charge in [0.15, 0.2) is 0 Å². The van der Waals surface area contributed by atoms with Gasteiger partial charge in [0.05, 0.1) is 5.41 Å². The van der Waals surface area contributed by atoms with E-state index in [0.717, 1.165) is 19.3 Å². The summed E-state index contributed by atoms with van der Waals surface area (Å²) in [5.41, 5.74) is 5.35. The van der Waals surface area contributed by atoms with Crippen LogP contribution in [0.15, 0.2) is 0 Å². The van der Waals surface area contributed by atoms with Gasteiger partial charge >= 0.3 is 5.97 Å². The van der Waals surface area contributed by atoms with Crippen molar-refractivity contribution in [3.63, 3.8) is 0 Å². The lowest BCUT2D eigenvalue weighted by Crippen LogP contribution is -2.52. The molecule has 0 aliphatic heterocycles. The van der Waals surface area contributed by atoms with Gasteiger partial charge in [-0.1, -0.05) is 13.8 Å². The quantitative estimate of drug-likeness (QED) is 0.715. The van der Waals surface area contributed by atoms with Gasteiger partial charge in [0.1, 0.15) is 5.60 Å². The summed E-state index contributed by atoms with van der Waals surface area (Å²) in [7, 11) is 0. The average Bonchev–Trinajstić information content (AvgIpc) is 2.47. The molecule has 0 spiro atoms. The molecule has 3 unspecified atom stereocenters. The lowest BCUT2D eigenvalue weighted by molar-refractivity contribution is -0.173. The second kappa shape index (κ2) is 3.47. The third-order valence-electron chi connectivity index (χ3n) is 4.99. The van der Waals surface area contributed by atoms with Crippen LogP contribution in [-0.2, 0) is 9.53 Å². The van der Waals surface area contributed by atoms with Crippen molar-refractivity contribution in [3.8, 4) is 0 Å². The summed E-state index contributed by atoms with van der Waals surface area (Å²) < 4.78 is 5.63. The molecule has 3 heteroatoms. The molecular weight excluding hydrogens is 214 g/mol. The van der Waals surface area contributed by atoms with Crippen LogP contribution in [0.5, 0.6) is 0 Å². The topological polar surface area (TPSA) is 52.3 Å². The van der Waals surface area contributed by atoms with Crippen LogP contribution in [0.1, 0.15) is 53.9 Å². The van der Waals surface area contributed by atoms with Gasteiger partial charge in [-0.05, 0) is 51.4 Å². The molecule has 0 aromatic rings. The number of fused-ring (bicyclic) bond motifs is 2. The van der Waals surface area contributed by atoms with Crippen LogP contribution >= 0.6 is 0 Å². The lowest BCUT2D eigenvalue weighted by atomic mass is 9.67. The predicted octanol–water partition coefficient (Wildman–Crippen LogP) is 2.48. The van der Waals surface area contributed by atoms with Gasteiger partial charge in [0.2, 0.25) is 0 Å². The number of carbonyl (C=O) groups excluding carboxylic acids is 1. The van der Waals surface area contributed by atoms with Gasteiger partial charge in [-0.3, -0.25) is 4.79 Å². The van der Waals surface area contributed by atoms with Gasteiger partial charge in [0.25, 0.3) is 0 Å². The summed E-state index contributed by atoms with van der Waals surface area (Å²) in [5, 5.41) is 0. The highest BCUT2D eigenvalue weighted by atomic mass is 16.6. The Morgan fingerprint density at radius 3 is 2.29 bits per heavy atom. The first-order chi connectivity index (χ1) is 7.61. The maximum absolute atomic E-state index is 12.6. The zero-order chi connectivity index (χ0) is 13.1. The summed E-state index contributed by atoms with van der Waals surface area (Å²) in [6.45, 7) is 10.1. The fourth-order valence-electron chi connectivity index (χ4n) is 3.92. The van der Waals surface area contributed by atoms with E-state index in [0.29, 0.717) is 5.92 Å². The van der Waals surface area contributed by atoms with Crippen LogP contribution < -0.4 is 5.73 Å². The molecule has 0 saturated heterocycles. The second-order valence-corrected chi connectivity index (χ2v) is 7.27. The van der Waals surface area contributed by atoms with E-state index in [4.69, 9.17) is 10.5 Å². The maximum Gasteiger partial charge on any atom is 0.314 e. The predicted molar refractivity (Wildman–Crippen MR) is 67.4 cm³/mol. The number of hydrogen-bond acceptors (Lipinski definition) is 3. The Kier molecular flexibility index (Phi) is 2.63. The van der Waals surface area contributed by atoms with Crippen LogP contribution in [-0.4, -0.2) is 17.6 Å². The van der Waals surface area contributed by atoms with E-state index < -0.39 is 11.0 Å². The summed E-state index contributed by atoms with van der Waals surface area (Å²) >= 11 is 0. The fourth-order valence-corrected chi connectivity index (χ4v) is 3.92. The monoisotopic (exact) mass is 239 g/mol. The third-order valence-corrected chi connectivity index (χ3v) is 4.99. The molecule has 2 aliphatic rings. The van der Waals surface area contributed by atoms with Crippen molar-refractivity contribution in [1.82, 2.24) is 0 Å². The minimum absolute atomic E-state index is 0.0191. The van der Waals surface area contributed by atoms with Crippen LogP contribution in [0.4, 0.5) is 0 Å². The van der Waals surface area contributed by atoms with E-state index in [2.05, 4.69) is 13.8 Å². The zero-order valence-electron chi connectivity index (χ0n) is 11.7. The molecule has 0 aromatic carbocycles. The molecule has 3 atom stereocenters. The Morgan fingerprint density at radius 1 is 1.35 bits per heavy atom. The maximum atomic E-state index is 12.6. The van der Waals surface area contributed by atoms with Crippen LogP contribution in [0, 0.1) is 16.7 Å². The fraction of sp³-hybridized carbons (Fsp3) is 0.929. The smallest absolute Gasteiger partial charge is 0.314 e. The van der Waals surface area contributed by atoms with Crippen molar-refractivity contribution in [2.45, 2.75) is 65.5 Å². The Hall–Kier alpha value is -0.570. The minimum atomic E-state index is -0.453. The van der Waals surface area contributed by atoms with Crippen LogP contribution in [0.2, 0.25) is 0 Å². The lowest BCUT2D eigenvalue weighted by Gasteiger charge is -2.40. The average molecular weight is 239 g/mol. The normalized spacial score (nSPS) is 39.4. The number of esters is 1. The molecule has 0 radical (unpaired) electrons. The van der Waals surface area contributed by atoms with Gasteiger partial charge in [-0.15, -0.1) is 0 Å². The summed E-state index contributed by atoms with van der Waals surface area (Å²) in [4.78, 5) is 12.6. The number of ether oxygens (including phenoxy) is 1. The van der Waals surface area contributed by atoms with E-state index in [9.17, 15) is 4.79 Å². The summed E-state index contributed by atoms with van der Waals surface area (Å²) in [6.07, 6.45) is 2.97. The highest BCUT2D eigenvalue weighted by Crippen LogP contribution is 2.65. The molecule has 2 aliphatic carbocycles. The molecule has 2 saturated carbocycles. The standard InChI is InChI=1S/C14H25NO2/c1-12(2,3)17-11(16)14-7-6-9(8-10(14)15)13(14,4)5/h9-10H,6-8,15H2,1-5H3. The van der Waals surface area contributed by atoms with E-state index >= 15 is 0 Å². The van der Waals surface area contributed by atoms with Crippen molar-refractivity contribution in [2.75, 3.05) is 0 Å². The van der Waals surface area contributed by atoms with Gasteiger partial charge < -0.3 is 10.5 Å². The molecule has 0 heterocycles. The van der Waals surface area contributed by atoms with E-state index in [1.165, 1.54) is 0 Å². The first-order valence-corrected chi connectivity index (χ1v) is 6.60. The number of hydrogen-bond donors (Lipinski definition) is 1. The largest absolute Gasteiger partial charge is 0.459 e. The molecule has 0 aromatic heterocycles. The van der Waals surface area contributed by atoms with Crippen molar-refractivity contribution < 1.29 is 9.53 Å². The van der Waals surface area contributed by atoms with Crippen LogP contribution in [0.25, 0.3) is 0 Å². The Labute approximate surface area is 104 Å². The molecule has 98 valence electrons. The van der Waals surface area contributed by atoms with E-state index in [1.807, 2.05) is 20.8 Å². The van der Waals surface area contributed by atoms with Gasteiger partial charge in [-0.25, -0.2) is 0 Å². The second-order valence-electron chi connectivity index (χ2n) is 7.27. The summed E-state index contributed by atoms with van der Waals surface area (Å²) in [6, 6.07) is -0.0360. The van der Waals surface area contributed by atoms with E-state index in [-0.39, 0.29) is 17.4 Å². The Morgan fingerprint density at radius 2 is 1.94 bits per heavy atom. The first-order valence-electron chi connectivity index (χ1n) is 6.60. The highest BCUT2D eigenvalue weighted by molar-refractivity contribution is 5.80. The molecule has 2 fully saturated rings. The molecule has 2 rings (SSSR count). The molecule has 2 N–H and O–H groups in total. The van der Waals surface area contributed by atoms with Crippen LogP contribution in [0.3, 0.4) is 0 Å². The first kappa shape index (κ1) is 12.9. The number of rotatable bonds is 1. The molecule has 0 amide bonds. The Bertz CT molecular complexity index is 343.